The summed E-state index contributed by atoms with van der Waals surface area (Å²) < 4.78 is 5.46. The predicted octanol–water partition coefficient (Wildman–Crippen LogP) is 2.59. The molecule has 90 valence electrons. The second kappa shape index (κ2) is 4.95. The molecule has 1 aromatic rings. The third-order valence-corrected chi connectivity index (χ3v) is 2.81. The van der Waals surface area contributed by atoms with E-state index in [4.69, 9.17) is 4.74 Å². The lowest BCUT2D eigenvalue weighted by Crippen LogP contribution is -2.01. The lowest BCUT2D eigenvalue weighted by Gasteiger charge is -2.07. The van der Waals surface area contributed by atoms with Crippen molar-refractivity contribution in [2.45, 2.75) is 19.3 Å². The van der Waals surface area contributed by atoms with Crippen molar-refractivity contribution in [3.63, 3.8) is 0 Å². The first kappa shape index (κ1) is 11.6. The fourth-order valence-corrected chi connectivity index (χ4v) is 1.62. The smallest absolute Gasteiger partial charge is 0.270 e. The van der Waals surface area contributed by atoms with Crippen LogP contribution in [0, 0.1) is 16.0 Å². The Morgan fingerprint density at radius 3 is 2.82 bits per heavy atom. The van der Waals surface area contributed by atoms with Gasteiger partial charge in [0.05, 0.1) is 17.1 Å². The van der Waals surface area contributed by atoms with Gasteiger partial charge in [0.2, 0.25) is 0 Å². The Morgan fingerprint density at radius 2 is 2.24 bits per heavy atom. The molecule has 1 aliphatic carbocycles. The molecule has 0 spiro atoms. The van der Waals surface area contributed by atoms with Crippen molar-refractivity contribution in [3.8, 4) is 5.75 Å². The molecule has 0 amide bonds. The average molecular weight is 235 g/mol. The molecule has 0 heterocycles. The Hall–Kier alpha value is -1.91. The number of carbonyl (C=O) groups excluding carboxylic acids is 1. The summed E-state index contributed by atoms with van der Waals surface area (Å²) >= 11 is 0. The minimum atomic E-state index is -0.527. The quantitative estimate of drug-likeness (QED) is 0.431. The van der Waals surface area contributed by atoms with Crippen LogP contribution < -0.4 is 4.74 Å². The normalized spacial score (nSPS) is 14.4. The van der Waals surface area contributed by atoms with Crippen molar-refractivity contribution in [1.82, 2.24) is 0 Å². The Kier molecular flexibility index (Phi) is 3.37. The summed E-state index contributed by atoms with van der Waals surface area (Å²) in [6, 6.07) is 4.06. The van der Waals surface area contributed by atoms with Crippen LogP contribution in [0.3, 0.4) is 0 Å². The zero-order valence-corrected chi connectivity index (χ0v) is 9.30. The van der Waals surface area contributed by atoms with Gasteiger partial charge in [0.15, 0.2) is 6.29 Å². The fraction of sp³-hybridized carbons (Fsp3) is 0.417. The number of nitro benzene ring substituents is 1. The van der Waals surface area contributed by atoms with Crippen LogP contribution in [0.1, 0.15) is 29.6 Å². The van der Waals surface area contributed by atoms with E-state index in [0.29, 0.717) is 18.6 Å². The summed E-state index contributed by atoms with van der Waals surface area (Å²) in [5, 5.41) is 10.5. The van der Waals surface area contributed by atoms with Crippen LogP contribution in [-0.4, -0.2) is 17.8 Å². The van der Waals surface area contributed by atoms with E-state index in [0.717, 1.165) is 12.3 Å². The highest BCUT2D eigenvalue weighted by molar-refractivity contribution is 5.80. The molecule has 0 bridgehead atoms. The van der Waals surface area contributed by atoms with Gasteiger partial charge in [-0.3, -0.25) is 14.9 Å². The Morgan fingerprint density at radius 1 is 1.47 bits per heavy atom. The summed E-state index contributed by atoms with van der Waals surface area (Å²) in [5.41, 5.74) is 0.136. The largest absolute Gasteiger partial charge is 0.493 e. The van der Waals surface area contributed by atoms with Crippen molar-refractivity contribution in [3.05, 3.63) is 33.9 Å². The van der Waals surface area contributed by atoms with Crippen LogP contribution in [0.2, 0.25) is 0 Å². The molecule has 1 saturated carbocycles. The monoisotopic (exact) mass is 235 g/mol. The van der Waals surface area contributed by atoms with Crippen LogP contribution in [0.25, 0.3) is 0 Å². The van der Waals surface area contributed by atoms with Crippen LogP contribution >= 0.6 is 0 Å². The van der Waals surface area contributed by atoms with Crippen molar-refractivity contribution in [1.29, 1.82) is 0 Å². The maximum Gasteiger partial charge on any atom is 0.270 e. The van der Waals surface area contributed by atoms with E-state index < -0.39 is 4.92 Å². The van der Waals surface area contributed by atoms with Gasteiger partial charge >= 0.3 is 0 Å². The maximum atomic E-state index is 10.8. The summed E-state index contributed by atoms with van der Waals surface area (Å²) in [4.78, 5) is 20.8. The second-order valence-electron chi connectivity index (χ2n) is 4.18. The van der Waals surface area contributed by atoms with Crippen molar-refractivity contribution < 1.29 is 14.5 Å². The second-order valence-corrected chi connectivity index (χ2v) is 4.18. The van der Waals surface area contributed by atoms with E-state index in [1.54, 1.807) is 0 Å². The van der Waals surface area contributed by atoms with Crippen LogP contribution in [-0.2, 0) is 0 Å². The number of ether oxygens (including phenoxy) is 1. The standard InChI is InChI=1S/C12H13NO4/c14-8-10-7-11(13(15)16)3-4-12(10)17-6-5-9-1-2-9/h3-4,7-9H,1-2,5-6H2. The highest BCUT2D eigenvalue weighted by atomic mass is 16.6. The Balaban J connectivity index is 2.03. The molecule has 5 nitrogen and oxygen atoms in total. The van der Waals surface area contributed by atoms with Crippen molar-refractivity contribution >= 4 is 12.0 Å². The average Bonchev–Trinajstić information content (AvgIpc) is 3.13. The molecule has 2 rings (SSSR count). The first-order chi connectivity index (χ1) is 8.20. The molecule has 1 aromatic carbocycles. The molecule has 1 aliphatic rings. The van der Waals surface area contributed by atoms with Gasteiger partial charge in [0.1, 0.15) is 5.75 Å². The number of hydrogen-bond donors (Lipinski definition) is 0. The number of non-ortho nitro benzene ring substituents is 1. The van der Waals surface area contributed by atoms with Gasteiger partial charge in [0.25, 0.3) is 5.69 Å². The van der Waals surface area contributed by atoms with Gasteiger partial charge in [0, 0.05) is 12.1 Å². The minimum Gasteiger partial charge on any atom is -0.493 e. The summed E-state index contributed by atoms with van der Waals surface area (Å²) in [6.07, 6.45) is 4.07. The molecule has 5 heteroatoms. The molecule has 17 heavy (non-hydrogen) atoms. The minimum absolute atomic E-state index is 0.0957. The number of nitro groups is 1. The van der Waals surface area contributed by atoms with Crippen LogP contribution in [0.5, 0.6) is 5.75 Å². The maximum absolute atomic E-state index is 10.8. The molecule has 0 N–H and O–H groups in total. The summed E-state index contributed by atoms with van der Waals surface area (Å²) in [7, 11) is 0. The molecule has 0 atom stereocenters. The highest BCUT2D eigenvalue weighted by Gasteiger charge is 2.21. The molecule has 0 unspecified atom stereocenters. The topological polar surface area (TPSA) is 69.4 Å². The number of rotatable bonds is 6. The Bertz CT molecular complexity index is 440. The molecular formula is C12H13NO4. The van der Waals surface area contributed by atoms with E-state index in [2.05, 4.69) is 0 Å². The molecule has 0 aliphatic heterocycles. The van der Waals surface area contributed by atoms with Gasteiger partial charge in [-0.1, -0.05) is 12.8 Å². The predicted molar refractivity (Wildman–Crippen MR) is 61.3 cm³/mol. The van der Waals surface area contributed by atoms with E-state index >= 15 is 0 Å². The van der Waals surface area contributed by atoms with Crippen LogP contribution in [0.4, 0.5) is 5.69 Å². The first-order valence-corrected chi connectivity index (χ1v) is 5.57. The van der Waals surface area contributed by atoms with Gasteiger partial charge in [-0.25, -0.2) is 0 Å². The lowest BCUT2D eigenvalue weighted by atomic mass is 10.2. The third kappa shape index (κ3) is 3.03. The highest BCUT2D eigenvalue weighted by Crippen LogP contribution is 2.32. The number of carbonyl (C=O) groups is 1. The third-order valence-electron chi connectivity index (χ3n) is 2.81. The molecular weight excluding hydrogens is 222 g/mol. The Labute approximate surface area is 98.5 Å². The molecule has 0 radical (unpaired) electrons. The van der Waals surface area contributed by atoms with Crippen LogP contribution in [0.15, 0.2) is 18.2 Å². The number of benzene rings is 1. The summed E-state index contributed by atoms with van der Waals surface area (Å²) in [6.45, 7) is 0.559. The van der Waals surface area contributed by atoms with E-state index in [1.165, 1.54) is 31.0 Å². The zero-order chi connectivity index (χ0) is 12.3. The van der Waals surface area contributed by atoms with Crippen molar-refractivity contribution in [2.75, 3.05) is 6.61 Å². The van der Waals surface area contributed by atoms with E-state index in [-0.39, 0.29) is 11.3 Å². The van der Waals surface area contributed by atoms with Gasteiger partial charge in [-0.2, -0.15) is 0 Å². The molecule has 0 saturated heterocycles. The molecule has 0 aromatic heterocycles. The number of aldehydes is 1. The first-order valence-electron chi connectivity index (χ1n) is 5.57. The number of nitrogens with zero attached hydrogens (tertiary/aromatic N) is 1. The fourth-order valence-electron chi connectivity index (χ4n) is 1.62. The van der Waals surface area contributed by atoms with E-state index in [9.17, 15) is 14.9 Å². The lowest BCUT2D eigenvalue weighted by molar-refractivity contribution is -0.384. The van der Waals surface area contributed by atoms with Gasteiger partial charge in [-0.05, 0) is 18.4 Å². The number of hydrogen-bond acceptors (Lipinski definition) is 4. The zero-order valence-electron chi connectivity index (χ0n) is 9.30. The van der Waals surface area contributed by atoms with Gasteiger partial charge < -0.3 is 4.74 Å². The van der Waals surface area contributed by atoms with E-state index in [1.807, 2.05) is 0 Å². The van der Waals surface area contributed by atoms with Crippen molar-refractivity contribution in [2.24, 2.45) is 5.92 Å². The van der Waals surface area contributed by atoms with Gasteiger partial charge in [-0.15, -0.1) is 0 Å². The molecule has 1 fully saturated rings. The summed E-state index contributed by atoms with van der Waals surface area (Å²) in [5.74, 6) is 1.18. The SMILES string of the molecule is O=Cc1cc([N+](=O)[O-])ccc1OCCC1CC1.